The van der Waals surface area contributed by atoms with Crippen molar-refractivity contribution in [3.05, 3.63) is 41.5 Å². The van der Waals surface area contributed by atoms with Crippen molar-refractivity contribution in [1.82, 2.24) is 0 Å². The van der Waals surface area contributed by atoms with Crippen LogP contribution in [-0.4, -0.2) is 32.2 Å². The smallest absolute Gasteiger partial charge is 0.169 e. The molecule has 0 radical (unpaired) electrons. The molecule has 0 bridgehead atoms. The van der Waals surface area contributed by atoms with E-state index in [9.17, 15) is 9.90 Å². The number of carbonyl (C=O) groups excluding carboxylic acids is 1. The minimum Gasteiger partial charge on any atom is -0.507 e. The second kappa shape index (κ2) is 6.65. The molecule has 1 atom stereocenters. The molecule has 1 heterocycles. The minimum absolute atomic E-state index is 0.0451. The summed E-state index contributed by atoms with van der Waals surface area (Å²) in [5.74, 6) is 1.79. The summed E-state index contributed by atoms with van der Waals surface area (Å²) in [7, 11) is 4.68. The van der Waals surface area contributed by atoms with Crippen LogP contribution in [0, 0.1) is 0 Å². The molecule has 1 aliphatic rings. The summed E-state index contributed by atoms with van der Waals surface area (Å²) in [5, 5.41) is 10.1. The van der Waals surface area contributed by atoms with E-state index in [0.717, 1.165) is 5.56 Å². The molecule has 0 aromatic heterocycles. The molecule has 1 aliphatic heterocycles. The number of benzene rings is 2. The van der Waals surface area contributed by atoms with Crippen LogP contribution in [0.25, 0.3) is 0 Å². The van der Waals surface area contributed by atoms with Gasteiger partial charge < -0.3 is 19.3 Å². The number of carbonyl (C=O) groups is 1. The van der Waals surface area contributed by atoms with Gasteiger partial charge in [0.15, 0.2) is 17.3 Å². The largest absolute Gasteiger partial charge is 0.507 e. The van der Waals surface area contributed by atoms with Crippen molar-refractivity contribution >= 4 is 17.5 Å². The van der Waals surface area contributed by atoms with Gasteiger partial charge in [0, 0.05) is 11.7 Å². The second-order valence-corrected chi connectivity index (χ2v) is 6.55. The Morgan fingerprint density at radius 1 is 1.00 bits per heavy atom. The number of thioether (sulfide) groups is 1. The molecule has 0 spiro atoms. The van der Waals surface area contributed by atoms with Crippen LogP contribution < -0.4 is 14.2 Å². The number of phenolic OH excluding ortho intramolecular Hbond substituents is 1. The molecular formula is C18H18O5S. The number of methoxy groups -OCH3 is 3. The van der Waals surface area contributed by atoms with Gasteiger partial charge in [0.25, 0.3) is 0 Å². The Balaban J connectivity index is 2.01. The molecule has 0 saturated heterocycles. The summed E-state index contributed by atoms with van der Waals surface area (Å²) >= 11 is 1.46. The van der Waals surface area contributed by atoms with E-state index >= 15 is 0 Å². The standard InChI is InChI=1S/C18H18O5S/c1-21-13-6-4-10(8-15(13)23-3)16-9-12(20)17-14(22-2)7-5-11(19)18(17)24-16/h4-8,16,19H,9H2,1-3H3. The van der Waals surface area contributed by atoms with Crippen LogP contribution in [0.1, 0.15) is 27.6 Å². The normalized spacial score (nSPS) is 16.5. The zero-order valence-electron chi connectivity index (χ0n) is 13.7. The van der Waals surface area contributed by atoms with Crippen molar-refractivity contribution in [2.45, 2.75) is 16.6 Å². The number of Topliss-reactive ketones (excluding diaryl/α,β-unsaturated/α-hetero) is 1. The van der Waals surface area contributed by atoms with Gasteiger partial charge >= 0.3 is 0 Å². The number of phenols is 1. The van der Waals surface area contributed by atoms with Gasteiger partial charge in [0.2, 0.25) is 0 Å². The molecule has 0 amide bonds. The lowest BCUT2D eigenvalue weighted by molar-refractivity contribution is 0.0972. The highest BCUT2D eigenvalue weighted by atomic mass is 32.2. The van der Waals surface area contributed by atoms with Crippen molar-refractivity contribution in [2.75, 3.05) is 21.3 Å². The lowest BCUT2D eigenvalue weighted by atomic mass is 10.00. The SMILES string of the molecule is COc1ccc(C2CC(=O)c3c(OC)ccc(O)c3S2)cc1OC. The van der Waals surface area contributed by atoms with Crippen LogP contribution in [0.5, 0.6) is 23.0 Å². The molecule has 6 heteroatoms. The van der Waals surface area contributed by atoms with Gasteiger partial charge in [-0.15, -0.1) is 11.8 Å². The fraction of sp³-hybridized carbons (Fsp3) is 0.278. The molecule has 2 aromatic carbocycles. The predicted molar refractivity (Wildman–Crippen MR) is 91.8 cm³/mol. The number of aromatic hydroxyl groups is 1. The highest BCUT2D eigenvalue weighted by molar-refractivity contribution is 7.99. The van der Waals surface area contributed by atoms with Crippen LogP contribution in [0.15, 0.2) is 35.2 Å². The zero-order chi connectivity index (χ0) is 17.3. The maximum atomic E-state index is 12.6. The topological polar surface area (TPSA) is 65.0 Å². The molecule has 126 valence electrons. The van der Waals surface area contributed by atoms with Gasteiger partial charge in [-0.1, -0.05) is 6.07 Å². The first kappa shape index (κ1) is 16.5. The number of ketones is 1. The molecule has 3 rings (SSSR count). The number of hydrogen-bond acceptors (Lipinski definition) is 6. The lowest BCUT2D eigenvalue weighted by Gasteiger charge is -2.25. The second-order valence-electron chi connectivity index (χ2n) is 5.34. The van der Waals surface area contributed by atoms with Gasteiger partial charge in [-0.05, 0) is 29.8 Å². The van der Waals surface area contributed by atoms with E-state index in [1.807, 2.05) is 18.2 Å². The van der Waals surface area contributed by atoms with Crippen LogP contribution in [0.2, 0.25) is 0 Å². The summed E-state index contributed by atoms with van der Waals surface area (Å²) in [6.45, 7) is 0. The van der Waals surface area contributed by atoms with Gasteiger partial charge in [-0.2, -0.15) is 0 Å². The Hall–Kier alpha value is -2.34. The third-order valence-corrected chi connectivity index (χ3v) is 5.38. The Kier molecular flexibility index (Phi) is 4.57. The van der Waals surface area contributed by atoms with Gasteiger partial charge in [0.05, 0.1) is 31.8 Å². The molecule has 1 unspecified atom stereocenters. The van der Waals surface area contributed by atoms with Crippen molar-refractivity contribution in [1.29, 1.82) is 0 Å². The number of ether oxygens (including phenoxy) is 3. The molecule has 5 nitrogen and oxygen atoms in total. The van der Waals surface area contributed by atoms with E-state index in [2.05, 4.69) is 0 Å². The summed E-state index contributed by atoms with van der Waals surface area (Å²) in [6.07, 6.45) is 0.326. The predicted octanol–water partition coefficient (Wildman–Crippen LogP) is 3.84. The molecular weight excluding hydrogens is 328 g/mol. The first-order chi connectivity index (χ1) is 11.6. The van der Waals surface area contributed by atoms with E-state index < -0.39 is 0 Å². The quantitative estimate of drug-likeness (QED) is 0.907. The van der Waals surface area contributed by atoms with E-state index in [1.54, 1.807) is 26.4 Å². The van der Waals surface area contributed by atoms with Gasteiger partial charge in [-0.25, -0.2) is 0 Å². The highest BCUT2D eigenvalue weighted by Gasteiger charge is 2.32. The van der Waals surface area contributed by atoms with E-state index in [4.69, 9.17) is 14.2 Å². The summed E-state index contributed by atoms with van der Waals surface area (Å²) in [6, 6.07) is 8.76. The monoisotopic (exact) mass is 346 g/mol. The fourth-order valence-electron chi connectivity index (χ4n) is 2.80. The molecule has 24 heavy (non-hydrogen) atoms. The maximum Gasteiger partial charge on any atom is 0.169 e. The summed E-state index contributed by atoms with van der Waals surface area (Å²) in [5.41, 5.74) is 1.40. The zero-order valence-corrected chi connectivity index (χ0v) is 14.5. The molecule has 2 aromatic rings. The van der Waals surface area contributed by atoms with Crippen molar-refractivity contribution < 1.29 is 24.1 Å². The van der Waals surface area contributed by atoms with E-state index in [-0.39, 0.29) is 16.8 Å². The van der Waals surface area contributed by atoms with Crippen LogP contribution in [0.4, 0.5) is 0 Å². The average Bonchev–Trinajstić information content (AvgIpc) is 2.61. The molecule has 0 aliphatic carbocycles. The Labute approximate surface area is 144 Å². The number of rotatable bonds is 4. The Bertz CT molecular complexity index is 787. The first-order valence-corrected chi connectivity index (χ1v) is 8.28. The Morgan fingerprint density at radius 3 is 2.33 bits per heavy atom. The molecule has 0 saturated carbocycles. The third kappa shape index (κ3) is 2.78. The van der Waals surface area contributed by atoms with Gasteiger partial charge in [0.1, 0.15) is 11.5 Å². The Morgan fingerprint density at radius 2 is 1.67 bits per heavy atom. The van der Waals surface area contributed by atoms with Crippen LogP contribution in [0.3, 0.4) is 0 Å². The lowest BCUT2D eigenvalue weighted by Crippen LogP contribution is -2.14. The number of hydrogen-bond donors (Lipinski definition) is 1. The van der Waals surface area contributed by atoms with E-state index in [1.165, 1.54) is 18.9 Å². The fourth-order valence-corrected chi connectivity index (χ4v) is 4.12. The first-order valence-electron chi connectivity index (χ1n) is 7.40. The van der Waals surface area contributed by atoms with Crippen molar-refractivity contribution in [2.24, 2.45) is 0 Å². The highest BCUT2D eigenvalue weighted by Crippen LogP contribution is 2.51. The molecule has 0 fully saturated rings. The average molecular weight is 346 g/mol. The van der Waals surface area contributed by atoms with Crippen LogP contribution >= 0.6 is 11.8 Å². The van der Waals surface area contributed by atoms with Crippen molar-refractivity contribution in [3.63, 3.8) is 0 Å². The number of fused-ring (bicyclic) bond motifs is 1. The van der Waals surface area contributed by atoms with Gasteiger partial charge in [-0.3, -0.25) is 4.79 Å². The molecule has 1 N–H and O–H groups in total. The summed E-state index contributed by atoms with van der Waals surface area (Å²) in [4.78, 5) is 13.2. The van der Waals surface area contributed by atoms with Crippen LogP contribution in [-0.2, 0) is 0 Å². The summed E-state index contributed by atoms with van der Waals surface area (Å²) < 4.78 is 15.8. The van der Waals surface area contributed by atoms with E-state index in [0.29, 0.717) is 34.1 Å². The minimum atomic E-state index is -0.109. The van der Waals surface area contributed by atoms with Crippen molar-refractivity contribution in [3.8, 4) is 23.0 Å². The third-order valence-electron chi connectivity index (χ3n) is 4.01. The maximum absolute atomic E-state index is 12.6.